The van der Waals surface area contributed by atoms with Crippen LogP contribution in [0.25, 0.3) is 0 Å². The van der Waals surface area contributed by atoms with Crippen LogP contribution in [0.1, 0.15) is 36.8 Å². The summed E-state index contributed by atoms with van der Waals surface area (Å²) in [5.41, 5.74) is 6.06. The van der Waals surface area contributed by atoms with Gasteiger partial charge in [0.1, 0.15) is 0 Å². The maximum atomic E-state index is 5.70. The summed E-state index contributed by atoms with van der Waals surface area (Å²) in [6, 6.07) is 1.88. The fourth-order valence-electron chi connectivity index (χ4n) is 2.22. The molecule has 5 nitrogen and oxygen atoms in total. The Hall–Kier alpha value is -0.630. The SMILES string of the molecule is CCc1nn(CC)c(CC(NN)c2ccoc2Br)c1Br. The Morgan fingerprint density at radius 1 is 1.45 bits per heavy atom. The Morgan fingerprint density at radius 2 is 2.20 bits per heavy atom. The standard InChI is InChI=1S/C13H18Br2N4O/c1-3-9-12(14)11(19(4-2)18-9)7-10(17-16)8-5-6-20-13(8)15/h5-6,10,17H,3-4,7,16H2,1-2H3. The monoisotopic (exact) mass is 404 g/mol. The van der Waals surface area contributed by atoms with Gasteiger partial charge in [-0.2, -0.15) is 5.10 Å². The first-order valence-electron chi connectivity index (χ1n) is 6.55. The minimum absolute atomic E-state index is 0.0360. The number of hydrazine groups is 1. The zero-order valence-corrected chi connectivity index (χ0v) is 14.7. The minimum Gasteiger partial charge on any atom is -0.457 e. The first-order chi connectivity index (χ1) is 9.62. The topological polar surface area (TPSA) is 69.0 Å². The highest BCUT2D eigenvalue weighted by atomic mass is 79.9. The van der Waals surface area contributed by atoms with Gasteiger partial charge in [-0.1, -0.05) is 6.92 Å². The number of nitrogens with one attached hydrogen (secondary N) is 1. The highest BCUT2D eigenvalue weighted by Gasteiger charge is 2.21. The Labute approximate surface area is 135 Å². The van der Waals surface area contributed by atoms with Crippen molar-refractivity contribution < 1.29 is 4.42 Å². The van der Waals surface area contributed by atoms with E-state index < -0.39 is 0 Å². The van der Waals surface area contributed by atoms with Crippen LogP contribution in [0, 0.1) is 0 Å². The van der Waals surface area contributed by atoms with Crippen LogP contribution in [-0.4, -0.2) is 9.78 Å². The molecule has 2 aromatic heterocycles. The number of aromatic nitrogens is 2. The van der Waals surface area contributed by atoms with Gasteiger partial charge in [-0.15, -0.1) is 0 Å². The number of aryl methyl sites for hydroxylation is 2. The molecule has 2 rings (SSSR count). The molecule has 2 aromatic rings. The fourth-order valence-corrected chi connectivity index (χ4v) is 3.46. The van der Waals surface area contributed by atoms with Crippen molar-refractivity contribution in [2.24, 2.45) is 5.84 Å². The number of rotatable bonds is 6. The van der Waals surface area contributed by atoms with Gasteiger partial charge in [0, 0.05) is 18.5 Å². The molecule has 0 aromatic carbocycles. The Morgan fingerprint density at radius 3 is 2.70 bits per heavy atom. The van der Waals surface area contributed by atoms with E-state index in [2.05, 4.69) is 56.2 Å². The lowest BCUT2D eigenvalue weighted by atomic mass is 10.1. The van der Waals surface area contributed by atoms with Gasteiger partial charge in [-0.3, -0.25) is 16.0 Å². The van der Waals surface area contributed by atoms with E-state index in [0.29, 0.717) is 4.67 Å². The van der Waals surface area contributed by atoms with Crippen LogP contribution < -0.4 is 11.3 Å². The van der Waals surface area contributed by atoms with Crippen LogP contribution >= 0.6 is 31.9 Å². The largest absolute Gasteiger partial charge is 0.457 e. The maximum Gasteiger partial charge on any atom is 0.173 e. The van der Waals surface area contributed by atoms with Crippen molar-refractivity contribution in [1.82, 2.24) is 15.2 Å². The molecule has 0 aliphatic carbocycles. The molecule has 7 heteroatoms. The zero-order chi connectivity index (χ0) is 14.7. The molecule has 1 unspecified atom stereocenters. The molecule has 3 N–H and O–H groups in total. The third-order valence-corrected chi connectivity index (χ3v) is 4.87. The molecule has 2 heterocycles. The maximum absolute atomic E-state index is 5.70. The number of nitrogens with zero attached hydrogens (tertiary/aromatic N) is 2. The molecule has 0 fully saturated rings. The summed E-state index contributed by atoms with van der Waals surface area (Å²) in [4.78, 5) is 0. The molecule has 0 saturated heterocycles. The van der Waals surface area contributed by atoms with Gasteiger partial charge in [-0.05, 0) is 51.3 Å². The van der Waals surface area contributed by atoms with Crippen molar-refractivity contribution >= 4 is 31.9 Å². The Bertz CT molecular complexity index is 579. The van der Waals surface area contributed by atoms with Crippen LogP contribution in [0.15, 0.2) is 25.9 Å². The molecule has 0 radical (unpaired) electrons. The predicted molar refractivity (Wildman–Crippen MR) is 85.2 cm³/mol. The van der Waals surface area contributed by atoms with E-state index in [4.69, 9.17) is 10.3 Å². The van der Waals surface area contributed by atoms with E-state index in [9.17, 15) is 0 Å². The summed E-state index contributed by atoms with van der Waals surface area (Å²) in [5.74, 6) is 5.70. The molecule has 0 amide bonds. The van der Waals surface area contributed by atoms with E-state index in [1.807, 2.05) is 10.7 Å². The molecule has 20 heavy (non-hydrogen) atoms. The van der Waals surface area contributed by atoms with Crippen LogP contribution in [0.3, 0.4) is 0 Å². The molecule has 0 saturated carbocycles. The first-order valence-corrected chi connectivity index (χ1v) is 8.13. The lowest BCUT2D eigenvalue weighted by molar-refractivity contribution is 0.492. The van der Waals surface area contributed by atoms with E-state index in [1.54, 1.807) is 6.26 Å². The highest BCUT2D eigenvalue weighted by molar-refractivity contribution is 9.10. The van der Waals surface area contributed by atoms with Crippen molar-refractivity contribution in [3.63, 3.8) is 0 Å². The number of hydrogen-bond donors (Lipinski definition) is 2. The van der Waals surface area contributed by atoms with Crippen LogP contribution in [0.4, 0.5) is 0 Å². The van der Waals surface area contributed by atoms with Crippen molar-refractivity contribution in [3.8, 4) is 0 Å². The molecular formula is C13H18Br2N4O. The van der Waals surface area contributed by atoms with Crippen molar-refractivity contribution in [2.75, 3.05) is 0 Å². The molecule has 0 aliphatic heterocycles. The van der Waals surface area contributed by atoms with Gasteiger partial charge in [0.15, 0.2) is 4.67 Å². The lowest BCUT2D eigenvalue weighted by Crippen LogP contribution is -2.30. The third kappa shape index (κ3) is 3.00. The average molecular weight is 406 g/mol. The van der Waals surface area contributed by atoms with Gasteiger partial charge in [0.2, 0.25) is 0 Å². The molecule has 0 bridgehead atoms. The minimum atomic E-state index is -0.0360. The summed E-state index contributed by atoms with van der Waals surface area (Å²) in [5, 5.41) is 4.60. The fraction of sp³-hybridized carbons (Fsp3) is 0.462. The van der Waals surface area contributed by atoms with Crippen LogP contribution in [-0.2, 0) is 19.4 Å². The Kier molecular flexibility index (Phi) is 5.42. The average Bonchev–Trinajstić information content (AvgIpc) is 3.00. The molecule has 0 aliphatic rings. The van der Waals surface area contributed by atoms with Gasteiger partial charge in [0.25, 0.3) is 0 Å². The van der Waals surface area contributed by atoms with Gasteiger partial charge in [-0.25, -0.2) is 0 Å². The van der Waals surface area contributed by atoms with Crippen LogP contribution in [0.2, 0.25) is 0 Å². The second-order valence-corrected chi connectivity index (χ2v) is 5.96. The number of hydrogen-bond acceptors (Lipinski definition) is 4. The summed E-state index contributed by atoms with van der Waals surface area (Å²) in [6.07, 6.45) is 3.28. The summed E-state index contributed by atoms with van der Waals surface area (Å²) in [7, 11) is 0. The predicted octanol–water partition coefficient (Wildman–Crippen LogP) is 3.33. The summed E-state index contributed by atoms with van der Waals surface area (Å²) in [6.45, 7) is 5.01. The third-order valence-electron chi connectivity index (χ3n) is 3.31. The number of nitrogens with two attached hydrogens (primary N) is 1. The molecule has 110 valence electrons. The highest BCUT2D eigenvalue weighted by Crippen LogP contribution is 2.30. The lowest BCUT2D eigenvalue weighted by Gasteiger charge is -2.16. The normalized spacial score (nSPS) is 12.8. The van der Waals surface area contributed by atoms with E-state index in [0.717, 1.165) is 40.8 Å². The molecule has 1 atom stereocenters. The first kappa shape index (κ1) is 15.8. The summed E-state index contributed by atoms with van der Waals surface area (Å²) >= 11 is 7.05. The van der Waals surface area contributed by atoms with Crippen LogP contribution in [0.5, 0.6) is 0 Å². The van der Waals surface area contributed by atoms with Crippen molar-refractivity contribution in [3.05, 3.63) is 38.4 Å². The number of furan rings is 1. The van der Waals surface area contributed by atoms with E-state index in [1.165, 1.54) is 0 Å². The summed E-state index contributed by atoms with van der Waals surface area (Å²) < 4.78 is 9.07. The van der Waals surface area contributed by atoms with E-state index >= 15 is 0 Å². The second-order valence-electron chi connectivity index (χ2n) is 4.45. The van der Waals surface area contributed by atoms with E-state index in [-0.39, 0.29) is 6.04 Å². The molecular weight excluding hydrogens is 388 g/mol. The molecule has 0 spiro atoms. The second kappa shape index (κ2) is 6.89. The van der Waals surface area contributed by atoms with Gasteiger partial charge in [0.05, 0.1) is 28.2 Å². The van der Waals surface area contributed by atoms with Gasteiger partial charge >= 0.3 is 0 Å². The van der Waals surface area contributed by atoms with Crippen molar-refractivity contribution in [1.29, 1.82) is 0 Å². The van der Waals surface area contributed by atoms with Gasteiger partial charge < -0.3 is 4.42 Å². The quantitative estimate of drug-likeness (QED) is 0.571. The van der Waals surface area contributed by atoms with Crippen molar-refractivity contribution in [2.45, 2.75) is 39.3 Å². The Balaban J connectivity index is 2.32. The smallest absolute Gasteiger partial charge is 0.173 e. The number of halogens is 2. The zero-order valence-electron chi connectivity index (χ0n) is 11.5.